The van der Waals surface area contributed by atoms with Crippen molar-refractivity contribution >= 4 is 5.91 Å². The number of amides is 1. The molecule has 0 aliphatic carbocycles. The first-order valence-electron chi connectivity index (χ1n) is 5.70. The maximum atomic E-state index is 13.8. The summed E-state index contributed by atoms with van der Waals surface area (Å²) in [5.41, 5.74) is 1.53. The van der Waals surface area contributed by atoms with Gasteiger partial charge in [0.1, 0.15) is 5.82 Å². The smallest absolute Gasteiger partial charge is 0.247 e. The van der Waals surface area contributed by atoms with Gasteiger partial charge in [-0.2, -0.15) is 5.12 Å². The van der Waals surface area contributed by atoms with Crippen molar-refractivity contribution in [1.29, 1.82) is 0 Å². The summed E-state index contributed by atoms with van der Waals surface area (Å²) >= 11 is 0. The summed E-state index contributed by atoms with van der Waals surface area (Å²) in [5, 5.41) is 0.0869. The van der Waals surface area contributed by atoms with Gasteiger partial charge in [-0.1, -0.05) is 10.5 Å². The van der Waals surface area contributed by atoms with E-state index in [4.69, 9.17) is 0 Å². The van der Waals surface area contributed by atoms with E-state index >= 15 is 0 Å². The largest absolute Gasteiger partial charge is 0.273 e. The standard InChI is InChI=1S/C14H12F2N2O/c1-10(19)18(16)9-11-2-3-14(15)13(8-11)12-4-6-17-7-5-12/h2-8H,9H2,1H3. The normalized spacial score (nSPS) is 10.3. The Balaban J connectivity index is 2.33. The van der Waals surface area contributed by atoms with Crippen LogP contribution in [0.15, 0.2) is 42.7 Å². The van der Waals surface area contributed by atoms with E-state index in [1.165, 1.54) is 18.2 Å². The van der Waals surface area contributed by atoms with Gasteiger partial charge in [0, 0.05) is 24.9 Å². The average Bonchev–Trinajstić information content (AvgIpc) is 2.41. The number of benzene rings is 1. The van der Waals surface area contributed by atoms with Gasteiger partial charge in [0.25, 0.3) is 0 Å². The molecule has 19 heavy (non-hydrogen) atoms. The lowest BCUT2D eigenvalue weighted by Crippen LogP contribution is -2.18. The average molecular weight is 262 g/mol. The summed E-state index contributed by atoms with van der Waals surface area (Å²) in [5.74, 6) is -1.09. The number of carbonyl (C=O) groups excluding carboxylic acids is 1. The highest BCUT2D eigenvalue weighted by Gasteiger charge is 2.11. The minimum Gasteiger partial charge on any atom is -0.273 e. The molecular formula is C14H12F2N2O. The molecule has 2 rings (SSSR count). The fourth-order valence-corrected chi connectivity index (χ4v) is 1.70. The first-order valence-corrected chi connectivity index (χ1v) is 5.70. The molecule has 5 heteroatoms. The molecule has 98 valence electrons. The van der Waals surface area contributed by atoms with E-state index in [-0.39, 0.29) is 11.7 Å². The Bertz CT molecular complexity index is 587. The Kier molecular flexibility index (Phi) is 3.85. The minimum absolute atomic E-state index is 0.0869. The molecule has 1 aromatic heterocycles. The quantitative estimate of drug-likeness (QED) is 0.796. The number of hydrogen-bond donors (Lipinski definition) is 0. The van der Waals surface area contributed by atoms with Crippen LogP contribution in [0, 0.1) is 5.82 Å². The molecule has 0 N–H and O–H groups in total. The van der Waals surface area contributed by atoms with Crippen LogP contribution in [0.3, 0.4) is 0 Å². The maximum absolute atomic E-state index is 13.8. The molecule has 0 aliphatic rings. The molecule has 0 aliphatic heterocycles. The summed E-state index contributed by atoms with van der Waals surface area (Å²) in [7, 11) is 0. The third-order valence-corrected chi connectivity index (χ3v) is 2.69. The number of aromatic nitrogens is 1. The van der Waals surface area contributed by atoms with Crippen LogP contribution in [0.2, 0.25) is 0 Å². The Labute approximate surface area is 109 Å². The molecule has 3 nitrogen and oxygen atoms in total. The monoisotopic (exact) mass is 262 g/mol. The lowest BCUT2D eigenvalue weighted by Gasteiger charge is -2.11. The predicted molar refractivity (Wildman–Crippen MR) is 67.0 cm³/mol. The number of pyridine rings is 1. The number of carbonyl (C=O) groups is 1. The van der Waals surface area contributed by atoms with Crippen LogP contribution in [0.25, 0.3) is 11.1 Å². The van der Waals surface area contributed by atoms with Crippen molar-refractivity contribution in [2.45, 2.75) is 13.5 Å². The lowest BCUT2D eigenvalue weighted by atomic mass is 10.0. The Morgan fingerprint density at radius 3 is 2.58 bits per heavy atom. The van der Waals surface area contributed by atoms with Crippen molar-refractivity contribution < 1.29 is 13.7 Å². The van der Waals surface area contributed by atoms with Gasteiger partial charge in [0.15, 0.2) is 0 Å². The molecule has 0 saturated heterocycles. The van der Waals surface area contributed by atoms with Gasteiger partial charge >= 0.3 is 0 Å². The van der Waals surface area contributed by atoms with Crippen LogP contribution in [0.5, 0.6) is 0 Å². The molecule has 0 saturated carbocycles. The number of hydrogen-bond acceptors (Lipinski definition) is 2. The topological polar surface area (TPSA) is 33.2 Å². The van der Waals surface area contributed by atoms with E-state index in [0.29, 0.717) is 16.7 Å². The third-order valence-electron chi connectivity index (χ3n) is 2.69. The van der Waals surface area contributed by atoms with Gasteiger partial charge in [0.05, 0.1) is 6.54 Å². The van der Waals surface area contributed by atoms with E-state index in [1.54, 1.807) is 24.5 Å². The van der Waals surface area contributed by atoms with Crippen LogP contribution >= 0.6 is 0 Å². The van der Waals surface area contributed by atoms with Crippen molar-refractivity contribution in [3.8, 4) is 11.1 Å². The summed E-state index contributed by atoms with van der Waals surface area (Å²) in [4.78, 5) is 14.7. The van der Waals surface area contributed by atoms with Gasteiger partial charge in [-0.25, -0.2) is 4.39 Å². The van der Waals surface area contributed by atoms with Crippen molar-refractivity contribution in [3.05, 3.63) is 54.1 Å². The Morgan fingerprint density at radius 2 is 1.95 bits per heavy atom. The zero-order chi connectivity index (χ0) is 13.8. The van der Waals surface area contributed by atoms with Gasteiger partial charge in [-0.3, -0.25) is 9.78 Å². The van der Waals surface area contributed by atoms with E-state index in [2.05, 4.69) is 4.98 Å². The number of rotatable bonds is 3. The van der Waals surface area contributed by atoms with Crippen molar-refractivity contribution in [2.24, 2.45) is 0 Å². The first-order chi connectivity index (χ1) is 9.08. The van der Waals surface area contributed by atoms with Crippen molar-refractivity contribution in [2.75, 3.05) is 0 Å². The fourth-order valence-electron chi connectivity index (χ4n) is 1.70. The van der Waals surface area contributed by atoms with Gasteiger partial charge in [0.2, 0.25) is 5.91 Å². The second-order valence-electron chi connectivity index (χ2n) is 4.09. The molecule has 1 heterocycles. The van der Waals surface area contributed by atoms with Crippen molar-refractivity contribution in [1.82, 2.24) is 10.1 Å². The number of nitrogens with zero attached hydrogens (tertiary/aromatic N) is 2. The van der Waals surface area contributed by atoms with E-state index in [9.17, 15) is 13.7 Å². The second kappa shape index (κ2) is 5.56. The maximum Gasteiger partial charge on any atom is 0.247 e. The molecule has 0 fully saturated rings. The molecule has 0 bridgehead atoms. The molecule has 2 aromatic rings. The zero-order valence-electron chi connectivity index (χ0n) is 10.3. The lowest BCUT2D eigenvalue weighted by molar-refractivity contribution is -0.145. The third kappa shape index (κ3) is 3.13. The van der Waals surface area contributed by atoms with Crippen molar-refractivity contribution in [3.63, 3.8) is 0 Å². The summed E-state index contributed by atoms with van der Waals surface area (Å²) in [6.45, 7) is 0.932. The molecule has 1 aromatic carbocycles. The van der Waals surface area contributed by atoms with Gasteiger partial charge in [-0.15, -0.1) is 0 Å². The summed E-state index contributed by atoms with van der Waals surface area (Å²) in [6.07, 6.45) is 3.11. The fraction of sp³-hybridized carbons (Fsp3) is 0.143. The van der Waals surface area contributed by atoms with Crippen LogP contribution < -0.4 is 0 Å². The Morgan fingerprint density at radius 1 is 1.26 bits per heavy atom. The minimum atomic E-state index is -0.685. The first kappa shape index (κ1) is 13.1. The SMILES string of the molecule is CC(=O)N(F)Cc1ccc(F)c(-c2ccncc2)c1. The molecule has 0 unspecified atom stereocenters. The van der Waals surface area contributed by atoms with Gasteiger partial charge in [-0.05, 0) is 35.4 Å². The molecule has 0 radical (unpaired) electrons. The number of halogens is 2. The predicted octanol–water partition coefficient (Wildman–Crippen LogP) is 3.12. The highest BCUT2D eigenvalue weighted by molar-refractivity contribution is 5.72. The summed E-state index contributed by atoms with van der Waals surface area (Å²) < 4.78 is 27.0. The van der Waals surface area contributed by atoms with E-state index < -0.39 is 11.7 Å². The van der Waals surface area contributed by atoms with Crippen LogP contribution in [0.4, 0.5) is 8.87 Å². The van der Waals surface area contributed by atoms with E-state index in [0.717, 1.165) is 6.92 Å². The Hall–Kier alpha value is -2.30. The molecule has 1 amide bonds. The van der Waals surface area contributed by atoms with Crippen LogP contribution in [-0.2, 0) is 11.3 Å². The van der Waals surface area contributed by atoms with Crippen LogP contribution in [-0.4, -0.2) is 16.0 Å². The molecule has 0 atom stereocenters. The van der Waals surface area contributed by atoms with E-state index in [1.807, 2.05) is 0 Å². The van der Waals surface area contributed by atoms with Crippen LogP contribution in [0.1, 0.15) is 12.5 Å². The van der Waals surface area contributed by atoms with Gasteiger partial charge < -0.3 is 0 Å². The summed E-state index contributed by atoms with van der Waals surface area (Å²) in [6, 6.07) is 7.58. The second-order valence-corrected chi connectivity index (χ2v) is 4.09. The molecule has 0 spiro atoms. The zero-order valence-corrected chi connectivity index (χ0v) is 10.3. The highest BCUT2D eigenvalue weighted by Crippen LogP contribution is 2.24. The molecular weight excluding hydrogens is 250 g/mol. The highest BCUT2D eigenvalue weighted by atomic mass is 19.2.